The summed E-state index contributed by atoms with van der Waals surface area (Å²) in [6, 6.07) is 12.6. The number of piperazine rings is 1. The second-order valence-electron chi connectivity index (χ2n) is 7.11. The smallest absolute Gasteiger partial charge is 0.254 e. The van der Waals surface area contributed by atoms with Crippen molar-refractivity contribution in [3.63, 3.8) is 0 Å². The van der Waals surface area contributed by atoms with E-state index in [0.29, 0.717) is 30.8 Å². The highest BCUT2D eigenvalue weighted by molar-refractivity contribution is 7.08. The Balaban J connectivity index is 1.39. The highest BCUT2D eigenvalue weighted by atomic mass is 32.1. The Bertz CT molecular complexity index is 979. The van der Waals surface area contributed by atoms with Gasteiger partial charge in [-0.2, -0.15) is 11.3 Å². The van der Waals surface area contributed by atoms with Crippen LogP contribution in [0.3, 0.4) is 0 Å². The predicted octanol–water partition coefficient (Wildman–Crippen LogP) is 2.74. The van der Waals surface area contributed by atoms with E-state index < -0.39 is 0 Å². The van der Waals surface area contributed by atoms with E-state index in [1.807, 2.05) is 40.5 Å². The zero-order chi connectivity index (χ0) is 20.9. The first-order chi connectivity index (χ1) is 14.6. The second kappa shape index (κ2) is 8.96. The molecule has 0 unspecified atom stereocenters. The van der Waals surface area contributed by atoms with Crippen molar-refractivity contribution in [3.05, 3.63) is 76.7 Å². The maximum atomic E-state index is 12.7. The van der Waals surface area contributed by atoms with Crippen molar-refractivity contribution in [1.29, 1.82) is 0 Å². The first-order valence-corrected chi connectivity index (χ1v) is 10.6. The third-order valence-electron chi connectivity index (χ3n) is 5.04. The molecule has 0 radical (unpaired) electrons. The van der Waals surface area contributed by atoms with Crippen LogP contribution >= 0.6 is 11.3 Å². The van der Waals surface area contributed by atoms with Crippen molar-refractivity contribution in [3.8, 4) is 0 Å². The van der Waals surface area contributed by atoms with Crippen LogP contribution in [-0.4, -0.2) is 46.8 Å². The summed E-state index contributed by atoms with van der Waals surface area (Å²) < 4.78 is 2.03. The lowest BCUT2D eigenvalue weighted by Crippen LogP contribution is -2.49. The number of hydrogen-bond donors (Lipinski definition) is 2. The molecule has 154 valence electrons. The monoisotopic (exact) mass is 422 g/mol. The number of aromatic nitrogens is 1. The van der Waals surface area contributed by atoms with E-state index in [1.54, 1.807) is 35.6 Å². The van der Waals surface area contributed by atoms with Gasteiger partial charge in [0.05, 0.1) is 19.0 Å². The van der Waals surface area contributed by atoms with Crippen LogP contribution in [0.15, 0.2) is 65.6 Å². The zero-order valence-electron chi connectivity index (χ0n) is 16.3. The minimum Gasteiger partial charge on any atom is -0.353 e. The van der Waals surface area contributed by atoms with Crippen molar-refractivity contribution in [1.82, 2.24) is 14.8 Å². The molecule has 1 saturated heterocycles. The van der Waals surface area contributed by atoms with Crippen LogP contribution < -0.4 is 10.6 Å². The fourth-order valence-electron chi connectivity index (χ4n) is 3.49. The number of carbonyl (C=O) groups excluding carboxylic acids is 3. The number of nitrogens with one attached hydrogen (secondary N) is 2. The largest absolute Gasteiger partial charge is 0.353 e. The SMILES string of the molecule is O=C1CN(C(=O)c2ccc(NC(=O)C[C@H](c3ccsc3)n3cccc3)cc2)CCN1. The Morgan fingerprint density at radius 3 is 2.57 bits per heavy atom. The van der Waals surface area contributed by atoms with Crippen LogP contribution in [0.5, 0.6) is 0 Å². The number of hydrogen-bond acceptors (Lipinski definition) is 4. The van der Waals surface area contributed by atoms with Gasteiger partial charge in [0.1, 0.15) is 0 Å². The molecule has 0 aliphatic carbocycles. The van der Waals surface area contributed by atoms with Gasteiger partial charge in [0.15, 0.2) is 0 Å². The summed E-state index contributed by atoms with van der Waals surface area (Å²) in [4.78, 5) is 38.2. The van der Waals surface area contributed by atoms with Gasteiger partial charge in [0, 0.05) is 36.7 Å². The molecule has 1 atom stereocenters. The van der Waals surface area contributed by atoms with E-state index in [9.17, 15) is 14.4 Å². The summed E-state index contributed by atoms with van der Waals surface area (Å²) in [6.07, 6.45) is 4.21. The van der Waals surface area contributed by atoms with Gasteiger partial charge >= 0.3 is 0 Å². The number of benzene rings is 1. The normalized spacial score (nSPS) is 14.8. The molecule has 7 nitrogen and oxygen atoms in total. The fourth-order valence-corrected chi connectivity index (χ4v) is 4.20. The summed E-state index contributed by atoms with van der Waals surface area (Å²) in [5, 5.41) is 9.67. The number of thiophene rings is 1. The van der Waals surface area contributed by atoms with Crippen LogP contribution in [0.1, 0.15) is 28.4 Å². The number of carbonyl (C=O) groups is 3. The summed E-state index contributed by atoms with van der Waals surface area (Å²) >= 11 is 1.61. The van der Waals surface area contributed by atoms with Gasteiger partial charge in [-0.25, -0.2) is 0 Å². The van der Waals surface area contributed by atoms with Crippen LogP contribution in [0.4, 0.5) is 5.69 Å². The van der Waals surface area contributed by atoms with E-state index >= 15 is 0 Å². The molecule has 4 rings (SSSR count). The standard InChI is InChI=1S/C22H22N4O3S/c27-20(13-19(17-7-12-30-15-17)25-9-1-2-10-25)24-18-5-3-16(4-6-18)22(29)26-11-8-23-21(28)14-26/h1-7,9-10,12,15,19H,8,11,13-14H2,(H,23,28)(H,24,27)/t19-/m1/s1. The number of anilines is 1. The Kier molecular flexibility index (Phi) is 5.94. The Hall–Kier alpha value is -3.39. The van der Waals surface area contributed by atoms with Gasteiger partial charge < -0.3 is 20.1 Å². The first kappa shape index (κ1) is 19.9. The van der Waals surface area contributed by atoms with Gasteiger partial charge in [-0.3, -0.25) is 14.4 Å². The second-order valence-corrected chi connectivity index (χ2v) is 7.89. The fraction of sp³-hybridized carbons (Fsp3) is 0.227. The minimum atomic E-state index is -0.187. The molecule has 1 aliphatic rings. The molecule has 2 N–H and O–H groups in total. The molecule has 3 aromatic rings. The van der Waals surface area contributed by atoms with Gasteiger partial charge in [-0.15, -0.1) is 0 Å². The van der Waals surface area contributed by atoms with Crippen molar-refractivity contribution in [2.24, 2.45) is 0 Å². The third kappa shape index (κ3) is 4.60. The molecule has 2 aromatic heterocycles. The lowest BCUT2D eigenvalue weighted by atomic mass is 10.1. The summed E-state index contributed by atoms with van der Waals surface area (Å²) in [7, 11) is 0. The van der Waals surface area contributed by atoms with E-state index in [0.717, 1.165) is 5.56 Å². The average Bonchev–Trinajstić information content (AvgIpc) is 3.46. The maximum Gasteiger partial charge on any atom is 0.254 e. The molecule has 1 fully saturated rings. The number of rotatable bonds is 6. The summed E-state index contributed by atoms with van der Waals surface area (Å²) in [5.41, 5.74) is 2.22. The van der Waals surface area contributed by atoms with Gasteiger partial charge in [-0.1, -0.05) is 0 Å². The van der Waals surface area contributed by atoms with Crippen molar-refractivity contribution >= 4 is 34.7 Å². The van der Waals surface area contributed by atoms with Crippen LogP contribution in [0.2, 0.25) is 0 Å². The molecular weight excluding hydrogens is 400 g/mol. The lowest BCUT2D eigenvalue weighted by Gasteiger charge is -2.26. The molecule has 0 bridgehead atoms. The lowest BCUT2D eigenvalue weighted by molar-refractivity contribution is -0.123. The maximum absolute atomic E-state index is 12.7. The molecule has 1 aromatic carbocycles. The van der Waals surface area contributed by atoms with E-state index in [1.165, 1.54) is 4.90 Å². The van der Waals surface area contributed by atoms with Gasteiger partial charge in [-0.05, 0) is 58.8 Å². The molecule has 3 amide bonds. The molecule has 30 heavy (non-hydrogen) atoms. The molecule has 3 heterocycles. The Morgan fingerprint density at radius 1 is 1.13 bits per heavy atom. The molecule has 8 heteroatoms. The zero-order valence-corrected chi connectivity index (χ0v) is 17.1. The van der Waals surface area contributed by atoms with E-state index in [4.69, 9.17) is 0 Å². The van der Waals surface area contributed by atoms with E-state index in [2.05, 4.69) is 16.0 Å². The molecule has 0 spiro atoms. The molecule has 0 saturated carbocycles. The van der Waals surface area contributed by atoms with Gasteiger partial charge in [0.25, 0.3) is 5.91 Å². The highest BCUT2D eigenvalue weighted by Crippen LogP contribution is 2.25. The quantitative estimate of drug-likeness (QED) is 0.641. The number of amides is 3. The topological polar surface area (TPSA) is 83.4 Å². The molecular formula is C22H22N4O3S. The Morgan fingerprint density at radius 2 is 1.90 bits per heavy atom. The van der Waals surface area contributed by atoms with Gasteiger partial charge in [0.2, 0.25) is 11.8 Å². The van der Waals surface area contributed by atoms with Crippen LogP contribution in [0.25, 0.3) is 0 Å². The van der Waals surface area contributed by atoms with E-state index in [-0.39, 0.29) is 30.3 Å². The average molecular weight is 423 g/mol. The van der Waals surface area contributed by atoms with Crippen molar-refractivity contribution in [2.45, 2.75) is 12.5 Å². The van der Waals surface area contributed by atoms with Crippen LogP contribution in [0, 0.1) is 0 Å². The van der Waals surface area contributed by atoms with Crippen molar-refractivity contribution in [2.75, 3.05) is 25.0 Å². The summed E-state index contributed by atoms with van der Waals surface area (Å²) in [5.74, 6) is -0.444. The molecule has 1 aliphatic heterocycles. The minimum absolute atomic E-state index is 0.0701. The van der Waals surface area contributed by atoms with Crippen LogP contribution in [-0.2, 0) is 9.59 Å². The first-order valence-electron chi connectivity index (χ1n) is 9.70. The third-order valence-corrected chi connectivity index (χ3v) is 5.74. The highest BCUT2D eigenvalue weighted by Gasteiger charge is 2.22. The number of nitrogens with zero attached hydrogens (tertiary/aromatic N) is 2. The summed E-state index contributed by atoms with van der Waals surface area (Å²) in [6.45, 7) is 1.03. The Labute approximate surface area is 178 Å². The van der Waals surface area contributed by atoms with Crippen molar-refractivity contribution < 1.29 is 14.4 Å². The predicted molar refractivity (Wildman–Crippen MR) is 115 cm³/mol.